The van der Waals surface area contributed by atoms with Gasteiger partial charge in [-0.25, -0.2) is 4.79 Å². The van der Waals surface area contributed by atoms with Crippen LogP contribution in [0.3, 0.4) is 0 Å². The minimum atomic E-state index is -1.27. The summed E-state index contributed by atoms with van der Waals surface area (Å²) in [4.78, 5) is 61.5. The second-order valence-electron chi connectivity index (χ2n) is 9.48. The summed E-state index contributed by atoms with van der Waals surface area (Å²) in [6, 6.07) is 1.50. The molecule has 37 heavy (non-hydrogen) atoms. The molecule has 0 heterocycles. The quantitative estimate of drug-likeness (QED) is 0.163. The summed E-state index contributed by atoms with van der Waals surface area (Å²) < 4.78 is 0. The van der Waals surface area contributed by atoms with Crippen LogP contribution < -0.4 is 27.4 Å². The zero-order valence-electron chi connectivity index (χ0n) is 21.7. The highest BCUT2D eigenvalue weighted by atomic mass is 16.4. The number of carbonyl (C=O) groups is 5. The second kappa shape index (κ2) is 14.8. The molecule has 0 saturated carbocycles. The van der Waals surface area contributed by atoms with Gasteiger partial charge in [-0.2, -0.15) is 0 Å². The van der Waals surface area contributed by atoms with Crippen molar-refractivity contribution in [1.29, 1.82) is 0 Å². The van der Waals surface area contributed by atoms with E-state index in [1.807, 2.05) is 6.92 Å². The number of amides is 4. The summed E-state index contributed by atoms with van der Waals surface area (Å²) in [6.07, 6.45) is 0.430. The number of carboxylic acids is 1. The lowest BCUT2D eigenvalue weighted by Crippen LogP contribution is -2.60. The number of benzene rings is 1. The van der Waals surface area contributed by atoms with Crippen LogP contribution in [0.25, 0.3) is 0 Å². The van der Waals surface area contributed by atoms with E-state index in [1.165, 1.54) is 12.1 Å². The van der Waals surface area contributed by atoms with E-state index in [9.17, 15) is 34.2 Å². The van der Waals surface area contributed by atoms with Gasteiger partial charge >= 0.3 is 5.97 Å². The number of hydrogen-bond acceptors (Lipinski definition) is 7. The molecule has 12 heteroatoms. The number of nitrogens with one attached hydrogen (secondary N) is 3. The molecular formula is C25H39N5O7. The molecule has 5 unspecified atom stereocenters. The molecule has 1 rings (SSSR count). The monoisotopic (exact) mass is 521 g/mol. The van der Waals surface area contributed by atoms with E-state index in [-0.39, 0.29) is 30.9 Å². The Bertz CT molecular complexity index is 951. The summed E-state index contributed by atoms with van der Waals surface area (Å²) in [5.74, 6) is -4.50. The van der Waals surface area contributed by atoms with Crippen LogP contribution in [-0.2, 0) is 30.4 Å². The van der Waals surface area contributed by atoms with Crippen LogP contribution in [0, 0.1) is 11.8 Å². The van der Waals surface area contributed by atoms with Gasteiger partial charge in [-0.05, 0) is 36.0 Å². The average molecular weight is 522 g/mol. The van der Waals surface area contributed by atoms with Crippen molar-refractivity contribution in [3.63, 3.8) is 0 Å². The van der Waals surface area contributed by atoms with E-state index in [0.29, 0.717) is 12.0 Å². The first-order valence-corrected chi connectivity index (χ1v) is 12.2. The molecule has 0 fully saturated rings. The molecule has 0 aliphatic rings. The molecule has 12 nitrogen and oxygen atoms in total. The standard InChI is InChI=1S/C25H39N5O7/c1-5-14(4)21(30-22(33)17(26)10-11-19(27)32)24(35)29-20(13(2)3)23(34)28-18(25(36)37)12-15-6-8-16(31)9-7-15/h6-9,13-14,17-18,20-21,31H,5,10-12,26H2,1-4H3,(H2,27,32)(H,28,34)(H,29,35)(H,30,33)(H,36,37). The molecule has 1 aromatic carbocycles. The lowest BCUT2D eigenvalue weighted by Gasteiger charge is -2.29. The topological polar surface area (TPSA) is 214 Å². The van der Waals surface area contributed by atoms with Crippen LogP contribution in [0.4, 0.5) is 0 Å². The number of phenolic OH excluding ortho intramolecular Hbond substituents is 1. The Morgan fingerprint density at radius 3 is 1.92 bits per heavy atom. The SMILES string of the molecule is CCC(C)C(NC(=O)C(N)CCC(N)=O)C(=O)NC(C(=O)NC(Cc1ccc(O)cc1)C(=O)O)C(C)C. The molecular weight excluding hydrogens is 482 g/mol. The zero-order chi connectivity index (χ0) is 28.3. The van der Waals surface area contributed by atoms with Gasteiger partial charge in [0.2, 0.25) is 23.6 Å². The smallest absolute Gasteiger partial charge is 0.326 e. The van der Waals surface area contributed by atoms with Gasteiger partial charge in [0.15, 0.2) is 0 Å². The highest BCUT2D eigenvalue weighted by molar-refractivity contribution is 5.94. The molecule has 4 amide bonds. The fourth-order valence-electron chi connectivity index (χ4n) is 3.50. The van der Waals surface area contributed by atoms with Crippen molar-refractivity contribution in [1.82, 2.24) is 16.0 Å². The molecule has 0 aliphatic heterocycles. The minimum Gasteiger partial charge on any atom is -0.508 e. The van der Waals surface area contributed by atoms with Gasteiger partial charge in [0, 0.05) is 12.8 Å². The first-order chi connectivity index (χ1) is 17.3. The number of rotatable bonds is 15. The number of phenols is 1. The van der Waals surface area contributed by atoms with E-state index in [0.717, 1.165) is 0 Å². The Balaban J connectivity index is 2.97. The zero-order valence-corrected chi connectivity index (χ0v) is 21.7. The van der Waals surface area contributed by atoms with Crippen LogP contribution in [0.15, 0.2) is 24.3 Å². The Hall–Kier alpha value is -3.67. The molecule has 206 valence electrons. The van der Waals surface area contributed by atoms with Gasteiger partial charge < -0.3 is 37.6 Å². The third kappa shape index (κ3) is 10.5. The van der Waals surface area contributed by atoms with Gasteiger partial charge in [0.25, 0.3) is 0 Å². The minimum absolute atomic E-state index is 0.0185. The number of primary amides is 1. The van der Waals surface area contributed by atoms with Gasteiger partial charge in [-0.15, -0.1) is 0 Å². The van der Waals surface area contributed by atoms with Crippen molar-refractivity contribution in [2.75, 3.05) is 0 Å². The number of carbonyl (C=O) groups excluding carboxylic acids is 4. The molecule has 0 aliphatic carbocycles. The lowest BCUT2D eigenvalue weighted by atomic mass is 9.95. The summed E-state index contributed by atoms with van der Waals surface area (Å²) in [7, 11) is 0. The molecule has 0 radical (unpaired) electrons. The van der Waals surface area contributed by atoms with Gasteiger partial charge in [0.05, 0.1) is 6.04 Å². The van der Waals surface area contributed by atoms with E-state index in [1.54, 1.807) is 32.9 Å². The highest BCUT2D eigenvalue weighted by Gasteiger charge is 2.33. The normalized spacial score (nSPS) is 15.1. The van der Waals surface area contributed by atoms with E-state index in [4.69, 9.17) is 11.5 Å². The van der Waals surface area contributed by atoms with Crippen molar-refractivity contribution in [3.8, 4) is 5.75 Å². The summed E-state index contributed by atoms with van der Waals surface area (Å²) >= 11 is 0. The Labute approximate surface area is 216 Å². The number of nitrogens with two attached hydrogens (primary N) is 2. The highest BCUT2D eigenvalue weighted by Crippen LogP contribution is 2.13. The fourth-order valence-corrected chi connectivity index (χ4v) is 3.50. The molecule has 5 atom stereocenters. The molecule has 0 saturated heterocycles. The maximum Gasteiger partial charge on any atom is 0.326 e. The third-order valence-corrected chi connectivity index (χ3v) is 6.07. The first-order valence-electron chi connectivity index (χ1n) is 12.2. The predicted molar refractivity (Wildman–Crippen MR) is 136 cm³/mol. The van der Waals surface area contributed by atoms with Crippen LogP contribution >= 0.6 is 0 Å². The first kappa shape index (κ1) is 31.4. The van der Waals surface area contributed by atoms with E-state index >= 15 is 0 Å². The van der Waals surface area contributed by atoms with Crippen LogP contribution in [0.1, 0.15) is 52.5 Å². The Morgan fingerprint density at radius 2 is 1.43 bits per heavy atom. The van der Waals surface area contributed by atoms with Crippen molar-refractivity contribution < 1.29 is 34.2 Å². The molecule has 9 N–H and O–H groups in total. The van der Waals surface area contributed by atoms with Crippen LogP contribution in [0.5, 0.6) is 5.75 Å². The largest absolute Gasteiger partial charge is 0.508 e. The molecule has 1 aromatic rings. The number of aromatic hydroxyl groups is 1. The third-order valence-electron chi connectivity index (χ3n) is 6.07. The number of aliphatic carboxylic acids is 1. The second-order valence-corrected chi connectivity index (χ2v) is 9.48. The average Bonchev–Trinajstić information content (AvgIpc) is 2.83. The Kier molecular flexibility index (Phi) is 12.5. The van der Waals surface area contributed by atoms with E-state index in [2.05, 4.69) is 16.0 Å². The van der Waals surface area contributed by atoms with Crippen molar-refractivity contribution in [2.45, 2.75) is 77.5 Å². The summed E-state index contributed by atoms with van der Waals surface area (Å²) in [6.45, 7) is 6.97. The maximum absolute atomic E-state index is 13.2. The van der Waals surface area contributed by atoms with E-state index < -0.39 is 59.7 Å². The van der Waals surface area contributed by atoms with Crippen LogP contribution in [0.2, 0.25) is 0 Å². The lowest BCUT2D eigenvalue weighted by molar-refractivity contribution is -0.142. The van der Waals surface area contributed by atoms with Crippen molar-refractivity contribution >= 4 is 29.6 Å². The number of carboxylic acid groups (broad SMARTS) is 1. The van der Waals surface area contributed by atoms with Gasteiger partial charge in [-0.3, -0.25) is 19.2 Å². The Morgan fingerprint density at radius 1 is 0.892 bits per heavy atom. The predicted octanol–water partition coefficient (Wildman–Crippen LogP) is -0.231. The van der Waals surface area contributed by atoms with Gasteiger partial charge in [0.1, 0.15) is 23.9 Å². The van der Waals surface area contributed by atoms with Crippen molar-refractivity contribution in [2.24, 2.45) is 23.3 Å². The number of hydrogen-bond donors (Lipinski definition) is 7. The fraction of sp³-hybridized carbons (Fsp3) is 0.560. The molecule has 0 bridgehead atoms. The van der Waals surface area contributed by atoms with Crippen molar-refractivity contribution in [3.05, 3.63) is 29.8 Å². The maximum atomic E-state index is 13.2. The summed E-state index contributed by atoms with van der Waals surface area (Å²) in [5, 5.41) is 26.7. The molecule has 0 aromatic heterocycles. The van der Waals surface area contributed by atoms with Crippen LogP contribution in [-0.4, -0.2) is 64.0 Å². The van der Waals surface area contributed by atoms with Gasteiger partial charge in [-0.1, -0.05) is 46.2 Å². The summed E-state index contributed by atoms with van der Waals surface area (Å²) in [5.41, 5.74) is 11.5. The molecule has 0 spiro atoms.